The molecule has 0 amide bonds. The summed E-state index contributed by atoms with van der Waals surface area (Å²) in [5.74, 6) is 1.93. The largest absolute Gasteiger partial charge is 0.393 e. The van der Waals surface area contributed by atoms with Gasteiger partial charge in [0, 0.05) is 38.8 Å². The first-order valence-electron chi connectivity index (χ1n) is 8.78. The average molecular weight is 330 g/mol. The standard InChI is InChI=1S/C17H26N6O/c1-2-18-17(22-12-8-14(24)9-13-22)19-10-5-7-16-21-20-15-6-3-4-11-23(15)16/h3-4,6,11,14,24H,2,5,7-10,12-13H2,1H3,(H,18,19). The molecule has 0 aliphatic carbocycles. The number of nitrogens with zero attached hydrogens (tertiary/aromatic N) is 5. The first-order valence-corrected chi connectivity index (χ1v) is 8.78. The molecule has 24 heavy (non-hydrogen) atoms. The second-order valence-corrected chi connectivity index (χ2v) is 6.10. The Kier molecular flexibility index (Phi) is 5.63. The van der Waals surface area contributed by atoms with E-state index in [1.165, 1.54) is 0 Å². The minimum Gasteiger partial charge on any atom is -0.393 e. The summed E-state index contributed by atoms with van der Waals surface area (Å²) in [7, 11) is 0. The third-order valence-corrected chi connectivity index (χ3v) is 4.30. The van der Waals surface area contributed by atoms with E-state index in [4.69, 9.17) is 4.99 Å². The van der Waals surface area contributed by atoms with Crippen LogP contribution in [0.5, 0.6) is 0 Å². The molecule has 7 nitrogen and oxygen atoms in total. The van der Waals surface area contributed by atoms with Gasteiger partial charge in [0.1, 0.15) is 5.82 Å². The molecule has 7 heteroatoms. The van der Waals surface area contributed by atoms with Crippen LogP contribution < -0.4 is 5.32 Å². The van der Waals surface area contributed by atoms with Gasteiger partial charge >= 0.3 is 0 Å². The van der Waals surface area contributed by atoms with Gasteiger partial charge in [-0.1, -0.05) is 6.07 Å². The molecule has 1 saturated heterocycles. The molecule has 0 bridgehead atoms. The van der Waals surface area contributed by atoms with E-state index in [2.05, 4.69) is 27.3 Å². The van der Waals surface area contributed by atoms with Crippen LogP contribution in [0.2, 0.25) is 0 Å². The zero-order valence-corrected chi connectivity index (χ0v) is 14.2. The van der Waals surface area contributed by atoms with Gasteiger partial charge in [-0.2, -0.15) is 0 Å². The van der Waals surface area contributed by atoms with Crippen molar-refractivity contribution in [3.8, 4) is 0 Å². The number of aliphatic imine (C=N–C) groups is 1. The maximum atomic E-state index is 9.64. The highest BCUT2D eigenvalue weighted by atomic mass is 16.3. The minimum atomic E-state index is -0.162. The molecule has 0 radical (unpaired) electrons. The van der Waals surface area contributed by atoms with Crippen molar-refractivity contribution in [2.45, 2.75) is 38.7 Å². The summed E-state index contributed by atoms with van der Waals surface area (Å²) >= 11 is 0. The molecular formula is C17H26N6O. The zero-order valence-electron chi connectivity index (χ0n) is 14.2. The fourth-order valence-electron chi connectivity index (χ4n) is 2.99. The highest BCUT2D eigenvalue weighted by Crippen LogP contribution is 2.10. The second-order valence-electron chi connectivity index (χ2n) is 6.10. The molecule has 0 saturated carbocycles. The number of likely N-dealkylation sites (tertiary alicyclic amines) is 1. The molecule has 0 unspecified atom stereocenters. The molecule has 1 aliphatic rings. The molecule has 3 rings (SSSR count). The molecule has 2 aromatic rings. The Hall–Kier alpha value is -2.15. The summed E-state index contributed by atoms with van der Waals surface area (Å²) < 4.78 is 2.03. The monoisotopic (exact) mass is 330 g/mol. The summed E-state index contributed by atoms with van der Waals surface area (Å²) in [5.41, 5.74) is 0.885. The molecule has 3 heterocycles. The summed E-state index contributed by atoms with van der Waals surface area (Å²) in [6.07, 6.45) is 5.25. The van der Waals surface area contributed by atoms with Gasteiger partial charge in [-0.15, -0.1) is 10.2 Å². The van der Waals surface area contributed by atoms with Crippen LogP contribution in [0.3, 0.4) is 0 Å². The lowest BCUT2D eigenvalue weighted by atomic mass is 10.1. The van der Waals surface area contributed by atoms with Crippen molar-refractivity contribution in [1.82, 2.24) is 24.8 Å². The molecule has 0 aromatic carbocycles. The van der Waals surface area contributed by atoms with E-state index in [0.29, 0.717) is 0 Å². The maximum absolute atomic E-state index is 9.64. The number of fused-ring (bicyclic) bond motifs is 1. The molecule has 0 atom stereocenters. The van der Waals surface area contributed by atoms with Crippen LogP contribution in [0, 0.1) is 0 Å². The van der Waals surface area contributed by atoms with Gasteiger partial charge in [0.05, 0.1) is 6.10 Å². The van der Waals surface area contributed by atoms with Crippen molar-refractivity contribution in [3.63, 3.8) is 0 Å². The topological polar surface area (TPSA) is 78.0 Å². The predicted octanol–water partition coefficient (Wildman–Crippen LogP) is 1.08. The lowest BCUT2D eigenvalue weighted by Gasteiger charge is -2.32. The van der Waals surface area contributed by atoms with Crippen molar-refractivity contribution in [2.75, 3.05) is 26.2 Å². The molecule has 130 valence electrons. The van der Waals surface area contributed by atoms with Crippen LogP contribution in [0.25, 0.3) is 5.65 Å². The maximum Gasteiger partial charge on any atom is 0.193 e. The number of rotatable bonds is 5. The summed E-state index contributed by atoms with van der Waals surface area (Å²) in [5, 5.41) is 21.4. The number of aliphatic hydroxyl groups excluding tert-OH is 1. The summed E-state index contributed by atoms with van der Waals surface area (Å²) in [6.45, 7) is 5.41. The van der Waals surface area contributed by atoms with Gasteiger partial charge in [-0.25, -0.2) is 0 Å². The first-order chi connectivity index (χ1) is 11.8. The fourth-order valence-corrected chi connectivity index (χ4v) is 2.99. The molecule has 2 N–H and O–H groups in total. The number of piperidine rings is 1. The number of aryl methyl sites for hydroxylation is 1. The number of aromatic nitrogens is 3. The van der Waals surface area contributed by atoms with Crippen molar-refractivity contribution < 1.29 is 5.11 Å². The second kappa shape index (κ2) is 8.10. The molecule has 1 aliphatic heterocycles. The number of hydrogen-bond donors (Lipinski definition) is 2. The van der Waals surface area contributed by atoms with Crippen LogP contribution in [0.1, 0.15) is 32.0 Å². The van der Waals surface area contributed by atoms with E-state index in [1.54, 1.807) is 0 Å². The Balaban J connectivity index is 1.55. The molecule has 0 spiro atoms. The van der Waals surface area contributed by atoms with Gasteiger partial charge in [0.2, 0.25) is 0 Å². The van der Waals surface area contributed by atoms with E-state index in [9.17, 15) is 5.11 Å². The Morgan fingerprint density at radius 3 is 2.96 bits per heavy atom. The highest BCUT2D eigenvalue weighted by molar-refractivity contribution is 5.80. The van der Waals surface area contributed by atoms with E-state index in [1.807, 2.05) is 28.8 Å². The number of guanidine groups is 1. The number of pyridine rings is 1. The fraction of sp³-hybridized carbons (Fsp3) is 0.588. The molecule has 2 aromatic heterocycles. The summed E-state index contributed by atoms with van der Waals surface area (Å²) in [6, 6.07) is 5.92. The SMILES string of the molecule is CCNC(=NCCCc1nnc2ccccn12)N1CCC(O)CC1. The normalized spacial score (nSPS) is 16.8. The van der Waals surface area contributed by atoms with E-state index in [0.717, 1.165) is 69.3 Å². The number of aliphatic hydroxyl groups is 1. The van der Waals surface area contributed by atoms with Crippen LogP contribution in [0.15, 0.2) is 29.4 Å². The Morgan fingerprint density at radius 1 is 1.33 bits per heavy atom. The lowest BCUT2D eigenvalue weighted by molar-refractivity contribution is 0.108. The lowest BCUT2D eigenvalue weighted by Crippen LogP contribution is -2.46. The van der Waals surface area contributed by atoms with Gasteiger partial charge in [0.15, 0.2) is 11.6 Å². The van der Waals surface area contributed by atoms with Gasteiger partial charge in [-0.3, -0.25) is 9.39 Å². The van der Waals surface area contributed by atoms with Crippen molar-refractivity contribution in [1.29, 1.82) is 0 Å². The quantitative estimate of drug-likeness (QED) is 0.487. The van der Waals surface area contributed by atoms with E-state index >= 15 is 0 Å². The van der Waals surface area contributed by atoms with Gasteiger partial charge in [0.25, 0.3) is 0 Å². The van der Waals surface area contributed by atoms with Crippen LogP contribution in [-0.2, 0) is 6.42 Å². The average Bonchev–Trinajstić information content (AvgIpc) is 3.02. The third kappa shape index (κ3) is 4.03. The smallest absolute Gasteiger partial charge is 0.193 e. The Bertz CT molecular complexity index is 675. The first kappa shape index (κ1) is 16.7. The van der Waals surface area contributed by atoms with Gasteiger partial charge in [-0.05, 0) is 38.3 Å². The zero-order chi connectivity index (χ0) is 16.8. The molecular weight excluding hydrogens is 304 g/mol. The van der Waals surface area contributed by atoms with Crippen molar-refractivity contribution >= 4 is 11.6 Å². The van der Waals surface area contributed by atoms with Gasteiger partial charge < -0.3 is 15.3 Å². The van der Waals surface area contributed by atoms with Crippen LogP contribution in [-0.4, -0.2) is 62.8 Å². The molecule has 1 fully saturated rings. The third-order valence-electron chi connectivity index (χ3n) is 4.30. The van der Waals surface area contributed by atoms with Crippen molar-refractivity contribution in [2.24, 2.45) is 4.99 Å². The van der Waals surface area contributed by atoms with Crippen molar-refractivity contribution in [3.05, 3.63) is 30.2 Å². The van der Waals surface area contributed by atoms with E-state index < -0.39 is 0 Å². The van der Waals surface area contributed by atoms with Crippen LogP contribution >= 0.6 is 0 Å². The Labute approximate surface area is 142 Å². The predicted molar refractivity (Wildman–Crippen MR) is 94.1 cm³/mol. The Morgan fingerprint density at radius 2 is 2.17 bits per heavy atom. The number of hydrogen-bond acceptors (Lipinski definition) is 4. The highest BCUT2D eigenvalue weighted by Gasteiger charge is 2.19. The van der Waals surface area contributed by atoms with Crippen LogP contribution in [0.4, 0.5) is 0 Å². The van der Waals surface area contributed by atoms with E-state index in [-0.39, 0.29) is 6.10 Å². The number of nitrogens with one attached hydrogen (secondary N) is 1. The summed E-state index contributed by atoms with van der Waals surface area (Å²) in [4.78, 5) is 6.97. The minimum absolute atomic E-state index is 0.162.